The third-order valence-electron chi connectivity index (χ3n) is 2.46. The standard InChI is InChI=1S/C14H21N/c1-4-15-14-9-5-7-13(8-6-10-14)11-12(2)3/h8-10,13,15H,2,4-5,7,11H2,1,3H3/b14-9+/t6?,13-/m1/s1. The summed E-state index contributed by atoms with van der Waals surface area (Å²) >= 11 is 0. The van der Waals surface area contributed by atoms with Crippen LogP contribution in [0.5, 0.6) is 0 Å². The van der Waals surface area contributed by atoms with Crippen molar-refractivity contribution >= 4 is 0 Å². The van der Waals surface area contributed by atoms with Gasteiger partial charge in [0.2, 0.25) is 0 Å². The second kappa shape index (κ2) is 6.31. The molecule has 1 heteroatoms. The van der Waals surface area contributed by atoms with Crippen LogP contribution in [0.4, 0.5) is 0 Å². The minimum Gasteiger partial charge on any atom is -0.385 e. The van der Waals surface area contributed by atoms with E-state index in [-0.39, 0.29) is 0 Å². The van der Waals surface area contributed by atoms with Gasteiger partial charge in [0, 0.05) is 18.3 Å². The first-order valence-electron chi connectivity index (χ1n) is 5.73. The molecule has 0 bridgehead atoms. The molecular weight excluding hydrogens is 182 g/mol. The molecule has 0 aromatic heterocycles. The molecule has 0 saturated carbocycles. The Morgan fingerprint density at radius 3 is 3.13 bits per heavy atom. The molecule has 0 spiro atoms. The molecule has 15 heavy (non-hydrogen) atoms. The molecule has 1 nitrogen and oxygen atoms in total. The molecule has 0 aromatic carbocycles. The molecule has 1 atom stereocenters. The van der Waals surface area contributed by atoms with Gasteiger partial charge in [0.1, 0.15) is 0 Å². The zero-order valence-electron chi connectivity index (χ0n) is 9.84. The molecule has 1 aliphatic carbocycles. The number of rotatable bonds is 4. The van der Waals surface area contributed by atoms with E-state index in [9.17, 15) is 0 Å². The molecule has 0 fully saturated rings. The lowest BCUT2D eigenvalue weighted by Crippen LogP contribution is -2.10. The maximum absolute atomic E-state index is 3.96. The Bertz CT molecular complexity index is 303. The molecule has 0 radical (unpaired) electrons. The summed E-state index contributed by atoms with van der Waals surface area (Å²) in [6.07, 6.45) is 9.89. The van der Waals surface area contributed by atoms with E-state index in [0.29, 0.717) is 5.92 Å². The first-order valence-corrected chi connectivity index (χ1v) is 5.73. The van der Waals surface area contributed by atoms with Gasteiger partial charge in [-0.2, -0.15) is 0 Å². The highest BCUT2D eigenvalue weighted by Gasteiger charge is 2.05. The van der Waals surface area contributed by atoms with Crippen molar-refractivity contribution in [3.63, 3.8) is 0 Å². The number of nitrogens with one attached hydrogen (secondary N) is 1. The van der Waals surface area contributed by atoms with Crippen LogP contribution in [0, 0.1) is 5.92 Å². The number of hydrogen-bond acceptors (Lipinski definition) is 1. The van der Waals surface area contributed by atoms with Crippen molar-refractivity contribution in [2.45, 2.75) is 33.1 Å². The van der Waals surface area contributed by atoms with Crippen molar-refractivity contribution in [1.82, 2.24) is 5.32 Å². The molecule has 82 valence electrons. The van der Waals surface area contributed by atoms with Gasteiger partial charge in [-0.1, -0.05) is 11.6 Å². The average Bonchev–Trinajstić information content (AvgIpc) is 2.12. The third-order valence-corrected chi connectivity index (χ3v) is 2.46. The van der Waals surface area contributed by atoms with E-state index in [1.165, 1.54) is 17.7 Å². The Morgan fingerprint density at radius 2 is 2.47 bits per heavy atom. The van der Waals surface area contributed by atoms with Crippen molar-refractivity contribution in [1.29, 1.82) is 0 Å². The summed E-state index contributed by atoms with van der Waals surface area (Å²) in [7, 11) is 0. The molecule has 1 rings (SSSR count). The lowest BCUT2D eigenvalue weighted by molar-refractivity contribution is 0.590. The van der Waals surface area contributed by atoms with Gasteiger partial charge in [0.05, 0.1) is 0 Å². The maximum Gasteiger partial charge on any atom is 0.0377 e. The van der Waals surface area contributed by atoms with Crippen LogP contribution in [0.15, 0.2) is 41.8 Å². The lowest BCUT2D eigenvalue weighted by atomic mass is 9.94. The zero-order chi connectivity index (χ0) is 11.1. The fourth-order valence-electron chi connectivity index (χ4n) is 1.81. The Hall–Kier alpha value is -1.20. The molecule has 0 unspecified atom stereocenters. The Morgan fingerprint density at radius 1 is 1.67 bits per heavy atom. The molecule has 0 aliphatic heterocycles. The summed E-state index contributed by atoms with van der Waals surface area (Å²) in [5.41, 5.74) is 5.71. The first kappa shape index (κ1) is 11.9. The summed E-state index contributed by atoms with van der Waals surface area (Å²) in [4.78, 5) is 0. The van der Waals surface area contributed by atoms with Crippen molar-refractivity contribution in [3.05, 3.63) is 41.8 Å². The second-order valence-electron chi connectivity index (χ2n) is 4.17. The summed E-state index contributed by atoms with van der Waals surface area (Å²) in [5, 5.41) is 3.31. The Balaban J connectivity index is 2.60. The number of hydrogen-bond donors (Lipinski definition) is 1. The molecule has 1 N–H and O–H groups in total. The van der Waals surface area contributed by atoms with Crippen LogP contribution in [0.1, 0.15) is 33.1 Å². The Labute approximate surface area is 93.3 Å². The van der Waals surface area contributed by atoms with Crippen molar-refractivity contribution in [2.24, 2.45) is 5.92 Å². The van der Waals surface area contributed by atoms with Crippen LogP contribution in [-0.2, 0) is 0 Å². The summed E-state index contributed by atoms with van der Waals surface area (Å²) in [6.45, 7) is 9.14. The van der Waals surface area contributed by atoms with E-state index < -0.39 is 0 Å². The van der Waals surface area contributed by atoms with Crippen LogP contribution in [0.25, 0.3) is 0 Å². The minimum atomic E-state index is 0.609. The van der Waals surface area contributed by atoms with Gasteiger partial charge >= 0.3 is 0 Å². The van der Waals surface area contributed by atoms with Crippen LogP contribution < -0.4 is 5.32 Å². The van der Waals surface area contributed by atoms with Gasteiger partial charge in [0.25, 0.3) is 0 Å². The van der Waals surface area contributed by atoms with Crippen molar-refractivity contribution in [3.8, 4) is 0 Å². The van der Waals surface area contributed by atoms with E-state index in [0.717, 1.165) is 19.4 Å². The topological polar surface area (TPSA) is 12.0 Å². The maximum atomic E-state index is 3.96. The molecule has 0 amide bonds. The van der Waals surface area contributed by atoms with Crippen LogP contribution in [0.2, 0.25) is 0 Å². The van der Waals surface area contributed by atoms with Gasteiger partial charge in [-0.05, 0) is 45.1 Å². The largest absolute Gasteiger partial charge is 0.385 e. The summed E-state index contributed by atoms with van der Waals surface area (Å²) < 4.78 is 0. The number of likely N-dealkylation sites (N-methyl/N-ethyl adjacent to an activating group) is 1. The lowest BCUT2D eigenvalue weighted by Gasteiger charge is -2.12. The fraction of sp³-hybridized carbons (Fsp3) is 0.500. The Kier molecular flexibility index (Phi) is 5.00. The van der Waals surface area contributed by atoms with Crippen LogP contribution >= 0.6 is 0 Å². The monoisotopic (exact) mass is 203 g/mol. The fourth-order valence-corrected chi connectivity index (χ4v) is 1.81. The molecule has 0 aromatic rings. The SMILES string of the molecule is C=C(C)C[C@H]1C=C=C/C(NCC)=C\CC1. The minimum absolute atomic E-state index is 0.609. The second-order valence-corrected chi connectivity index (χ2v) is 4.17. The van der Waals surface area contributed by atoms with E-state index >= 15 is 0 Å². The summed E-state index contributed by atoms with van der Waals surface area (Å²) in [6, 6.07) is 0. The van der Waals surface area contributed by atoms with Gasteiger partial charge in [0.15, 0.2) is 0 Å². The molecular formula is C14H21N. The van der Waals surface area contributed by atoms with Gasteiger partial charge < -0.3 is 5.32 Å². The van der Waals surface area contributed by atoms with E-state index in [2.05, 4.69) is 43.6 Å². The predicted molar refractivity (Wildman–Crippen MR) is 66.6 cm³/mol. The highest BCUT2D eigenvalue weighted by Crippen LogP contribution is 2.19. The van der Waals surface area contributed by atoms with Gasteiger partial charge in [-0.3, -0.25) is 0 Å². The molecule has 0 saturated heterocycles. The average molecular weight is 203 g/mol. The molecule has 1 aliphatic rings. The quantitative estimate of drug-likeness (QED) is 0.544. The van der Waals surface area contributed by atoms with Crippen LogP contribution in [-0.4, -0.2) is 6.54 Å². The van der Waals surface area contributed by atoms with Crippen LogP contribution in [0.3, 0.4) is 0 Å². The zero-order valence-corrected chi connectivity index (χ0v) is 9.84. The van der Waals surface area contributed by atoms with E-state index in [4.69, 9.17) is 0 Å². The smallest absolute Gasteiger partial charge is 0.0377 e. The normalized spacial score (nSPS) is 23.9. The first-order chi connectivity index (χ1) is 7.22. The van der Waals surface area contributed by atoms with Crippen molar-refractivity contribution < 1.29 is 0 Å². The van der Waals surface area contributed by atoms with Gasteiger partial charge in [-0.25, -0.2) is 0 Å². The summed E-state index contributed by atoms with van der Waals surface area (Å²) in [5.74, 6) is 0.609. The van der Waals surface area contributed by atoms with E-state index in [1.54, 1.807) is 0 Å². The highest BCUT2D eigenvalue weighted by atomic mass is 14.9. The van der Waals surface area contributed by atoms with Crippen molar-refractivity contribution in [2.75, 3.05) is 6.54 Å². The van der Waals surface area contributed by atoms with Gasteiger partial charge in [-0.15, -0.1) is 12.3 Å². The molecule has 0 heterocycles. The third kappa shape index (κ3) is 4.71. The number of allylic oxidation sites excluding steroid dienone is 3. The highest BCUT2D eigenvalue weighted by molar-refractivity contribution is 5.18. The predicted octanol–water partition coefficient (Wildman–Crippen LogP) is 3.57. The van der Waals surface area contributed by atoms with E-state index in [1.807, 2.05) is 6.08 Å².